The van der Waals surface area contributed by atoms with Crippen LogP contribution in [0.3, 0.4) is 0 Å². The molecular weight excluding hydrogens is 236 g/mol. The first-order valence-electron chi connectivity index (χ1n) is 6.65. The Hall–Kier alpha value is -2.03. The van der Waals surface area contributed by atoms with Gasteiger partial charge in [0.15, 0.2) is 0 Å². The number of benzene rings is 1. The van der Waals surface area contributed by atoms with E-state index in [-0.39, 0.29) is 0 Å². The monoisotopic (exact) mass is 254 g/mol. The number of rotatable bonds is 3. The second-order valence-electron chi connectivity index (χ2n) is 5.02. The molecule has 0 spiro atoms. The molecule has 0 unspecified atom stereocenters. The molecule has 19 heavy (non-hydrogen) atoms. The van der Waals surface area contributed by atoms with Crippen LogP contribution in [0.4, 0.5) is 5.82 Å². The lowest BCUT2D eigenvalue weighted by molar-refractivity contribution is 0.301. The topological polar surface area (TPSA) is 34.1 Å². The number of aromatic nitrogens is 1. The molecule has 1 aliphatic heterocycles. The van der Waals surface area contributed by atoms with Gasteiger partial charge in [-0.15, -0.1) is 0 Å². The molecule has 0 saturated carbocycles. The fourth-order valence-corrected chi connectivity index (χ4v) is 2.24. The van der Waals surface area contributed by atoms with Crippen LogP contribution in [-0.4, -0.2) is 11.5 Å². The van der Waals surface area contributed by atoms with Crippen molar-refractivity contribution < 1.29 is 4.74 Å². The van der Waals surface area contributed by atoms with Gasteiger partial charge in [0.2, 0.25) is 0 Å². The Morgan fingerprint density at radius 1 is 1.16 bits per heavy atom. The van der Waals surface area contributed by atoms with Crippen LogP contribution < -0.4 is 10.1 Å². The van der Waals surface area contributed by atoms with E-state index in [1.165, 1.54) is 16.7 Å². The normalized spacial score (nSPS) is 12.9. The van der Waals surface area contributed by atoms with Gasteiger partial charge in [0, 0.05) is 6.54 Å². The molecule has 3 heteroatoms. The second kappa shape index (κ2) is 4.92. The average molecular weight is 254 g/mol. The SMILES string of the molecule is Cc1ccc(OCc2ccc3c(n2)NCC3)cc1C. The number of nitrogens with one attached hydrogen (secondary N) is 1. The zero-order chi connectivity index (χ0) is 13.2. The Balaban J connectivity index is 1.70. The van der Waals surface area contributed by atoms with Crippen LogP contribution in [0.15, 0.2) is 30.3 Å². The van der Waals surface area contributed by atoms with Crippen LogP contribution in [0.25, 0.3) is 0 Å². The van der Waals surface area contributed by atoms with Crippen LogP contribution in [0.1, 0.15) is 22.4 Å². The van der Waals surface area contributed by atoms with Gasteiger partial charge in [0.25, 0.3) is 0 Å². The van der Waals surface area contributed by atoms with E-state index in [9.17, 15) is 0 Å². The van der Waals surface area contributed by atoms with Crippen molar-refractivity contribution in [1.82, 2.24) is 4.98 Å². The van der Waals surface area contributed by atoms with Gasteiger partial charge in [-0.1, -0.05) is 12.1 Å². The number of nitrogens with zero attached hydrogens (tertiary/aromatic N) is 1. The summed E-state index contributed by atoms with van der Waals surface area (Å²) in [5.74, 6) is 1.92. The van der Waals surface area contributed by atoms with Crippen LogP contribution in [0.5, 0.6) is 5.75 Å². The largest absolute Gasteiger partial charge is 0.487 e. The third-order valence-corrected chi connectivity index (χ3v) is 3.59. The summed E-state index contributed by atoms with van der Waals surface area (Å²) < 4.78 is 5.80. The number of hydrogen-bond donors (Lipinski definition) is 1. The molecule has 1 N–H and O–H groups in total. The minimum atomic E-state index is 0.511. The number of hydrogen-bond acceptors (Lipinski definition) is 3. The second-order valence-corrected chi connectivity index (χ2v) is 5.02. The summed E-state index contributed by atoms with van der Waals surface area (Å²) in [6, 6.07) is 10.4. The molecule has 0 radical (unpaired) electrons. The Bertz CT molecular complexity index is 608. The third kappa shape index (κ3) is 2.55. The molecule has 1 aromatic carbocycles. The van der Waals surface area contributed by atoms with E-state index < -0.39 is 0 Å². The van der Waals surface area contributed by atoms with Gasteiger partial charge in [-0.2, -0.15) is 0 Å². The first kappa shape index (κ1) is 12.0. The summed E-state index contributed by atoms with van der Waals surface area (Å²) in [6.45, 7) is 5.70. The molecule has 1 aromatic heterocycles. The molecule has 0 fully saturated rings. The quantitative estimate of drug-likeness (QED) is 0.913. The lowest BCUT2D eigenvalue weighted by atomic mass is 10.1. The van der Waals surface area contributed by atoms with E-state index in [0.717, 1.165) is 30.2 Å². The molecule has 0 amide bonds. The molecule has 0 bridgehead atoms. The van der Waals surface area contributed by atoms with Crippen molar-refractivity contribution in [3.8, 4) is 5.75 Å². The van der Waals surface area contributed by atoms with Crippen LogP contribution in [0, 0.1) is 13.8 Å². The third-order valence-electron chi connectivity index (χ3n) is 3.59. The zero-order valence-corrected chi connectivity index (χ0v) is 11.4. The van der Waals surface area contributed by atoms with Gasteiger partial charge in [-0.25, -0.2) is 4.98 Å². The van der Waals surface area contributed by atoms with Crippen molar-refractivity contribution in [1.29, 1.82) is 0 Å². The first-order chi connectivity index (χ1) is 9.22. The van der Waals surface area contributed by atoms with Crippen molar-refractivity contribution in [2.75, 3.05) is 11.9 Å². The Labute approximate surface area is 113 Å². The maximum Gasteiger partial charge on any atom is 0.130 e. The molecule has 0 aliphatic carbocycles. The fourth-order valence-electron chi connectivity index (χ4n) is 2.24. The van der Waals surface area contributed by atoms with Crippen LogP contribution >= 0.6 is 0 Å². The molecule has 0 atom stereocenters. The zero-order valence-electron chi connectivity index (χ0n) is 11.4. The number of ether oxygens (including phenoxy) is 1. The fraction of sp³-hybridized carbons (Fsp3) is 0.312. The molecule has 1 aliphatic rings. The molecule has 3 rings (SSSR count). The van der Waals surface area contributed by atoms with Gasteiger partial charge in [0.05, 0.1) is 5.69 Å². The van der Waals surface area contributed by atoms with Gasteiger partial charge in [-0.3, -0.25) is 0 Å². The number of fused-ring (bicyclic) bond motifs is 1. The lowest BCUT2D eigenvalue weighted by Crippen LogP contribution is -2.01. The van der Waals surface area contributed by atoms with Crippen molar-refractivity contribution in [3.05, 3.63) is 52.7 Å². The van der Waals surface area contributed by atoms with E-state index in [0.29, 0.717) is 6.61 Å². The van der Waals surface area contributed by atoms with E-state index >= 15 is 0 Å². The highest BCUT2D eigenvalue weighted by Gasteiger charge is 2.11. The summed E-state index contributed by atoms with van der Waals surface area (Å²) >= 11 is 0. The van der Waals surface area contributed by atoms with Crippen molar-refractivity contribution in [2.24, 2.45) is 0 Å². The number of anilines is 1. The van der Waals surface area contributed by atoms with E-state index in [2.05, 4.69) is 42.3 Å². The predicted octanol–water partition coefficient (Wildman–Crippen LogP) is 3.25. The van der Waals surface area contributed by atoms with Crippen molar-refractivity contribution >= 4 is 5.82 Å². The molecule has 98 valence electrons. The predicted molar refractivity (Wildman–Crippen MR) is 76.7 cm³/mol. The maximum absolute atomic E-state index is 5.80. The highest BCUT2D eigenvalue weighted by atomic mass is 16.5. The summed E-state index contributed by atoms with van der Waals surface area (Å²) in [6.07, 6.45) is 1.07. The standard InChI is InChI=1S/C16H18N2O/c1-11-3-6-15(9-12(11)2)19-10-14-5-4-13-7-8-17-16(13)18-14/h3-6,9H,7-8,10H2,1-2H3,(H,17,18). The minimum absolute atomic E-state index is 0.511. The average Bonchev–Trinajstić information content (AvgIpc) is 2.87. The Morgan fingerprint density at radius 3 is 2.89 bits per heavy atom. The summed E-state index contributed by atoms with van der Waals surface area (Å²) in [7, 11) is 0. The lowest BCUT2D eigenvalue weighted by Gasteiger charge is -2.09. The molecule has 3 nitrogen and oxygen atoms in total. The number of pyridine rings is 1. The Morgan fingerprint density at radius 2 is 2.05 bits per heavy atom. The van der Waals surface area contributed by atoms with Crippen LogP contribution in [-0.2, 0) is 13.0 Å². The first-order valence-corrected chi connectivity index (χ1v) is 6.65. The van der Waals surface area contributed by atoms with E-state index in [1.807, 2.05) is 12.1 Å². The van der Waals surface area contributed by atoms with Crippen molar-refractivity contribution in [2.45, 2.75) is 26.9 Å². The van der Waals surface area contributed by atoms with E-state index in [1.54, 1.807) is 0 Å². The van der Waals surface area contributed by atoms with Crippen LogP contribution in [0.2, 0.25) is 0 Å². The molecule has 2 heterocycles. The molecular formula is C16H18N2O. The maximum atomic E-state index is 5.80. The highest BCUT2D eigenvalue weighted by Crippen LogP contribution is 2.21. The smallest absolute Gasteiger partial charge is 0.130 e. The summed E-state index contributed by atoms with van der Waals surface area (Å²) in [4.78, 5) is 4.57. The van der Waals surface area contributed by atoms with Gasteiger partial charge in [-0.05, 0) is 55.2 Å². The van der Waals surface area contributed by atoms with Gasteiger partial charge >= 0.3 is 0 Å². The van der Waals surface area contributed by atoms with E-state index in [4.69, 9.17) is 4.74 Å². The van der Waals surface area contributed by atoms with Gasteiger partial charge < -0.3 is 10.1 Å². The molecule has 0 saturated heterocycles. The van der Waals surface area contributed by atoms with Gasteiger partial charge in [0.1, 0.15) is 18.2 Å². The highest BCUT2D eigenvalue weighted by molar-refractivity contribution is 5.49. The minimum Gasteiger partial charge on any atom is -0.487 e. The molecule has 2 aromatic rings. The summed E-state index contributed by atoms with van der Waals surface area (Å²) in [5.41, 5.74) is 4.80. The Kier molecular flexibility index (Phi) is 3.11. The van der Waals surface area contributed by atoms with Crippen molar-refractivity contribution in [3.63, 3.8) is 0 Å². The number of aryl methyl sites for hydroxylation is 2. The summed E-state index contributed by atoms with van der Waals surface area (Å²) in [5, 5.41) is 3.29.